The minimum atomic E-state index is -4.25. The number of hydrogen-bond acceptors (Lipinski definition) is 3. The fourth-order valence-corrected chi connectivity index (χ4v) is 4.18. The van der Waals surface area contributed by atoms with E-state index in [2.05, 4.69) is 6.92 Å². The summed E-state index contributed by atoms with van der Waals surface area (Å²) in [6, 6.07) is 0. The van der Waals surface area contributed by atoms with E-state index >= 15 is 0 Å². The van der Waals surface area contributed by atoms with E-state index in [4.69, 9.17) is 0 Å². The molecule has 0 unspecified atom stereocenters. The van der Waals surface area contributed by atoms with Crippen LogP contribution in [0, 0.1) is 0 Å². The molecule has 0 aliphatic rings. The van der Waals surface area contributed by atoms with E-state index < -0.39 is 10.1 Å². The van der Waals surface area contributed by atoms with Gasteiger partial charge in [-0.3, -0.25) is 0 Å². The van der Waals surface area contributed by atoms with Crippen molar-refractivity contribution in [2.24, 2.45) is 0 Å². The molecule has 4 N–H and O–H groups in total. The van der Waals surface area contributed by atoms with Crippen molar-refractivity contribution in [1.29, 1.82) is 0 Å². The lowest BCUT2D eigenvalue weighted by atomic mass is 10.0. The molecule has 26 heavy (non-hydrogen) atoms. The molecule has 0 fully saturated rings. The SMILES string of the molecule is CCCCCCCCCCCCCCCCCC(=C(C)C)S(=O)(=O)[O-].[NH4+]. The van der Waals surface area contributed by atoms with Gasteiger partial charge in [-0.1, -0.05) is 102 Å². The van der Waals surface area contributed by atoms with Crippen molar-refractivity contribution in [2.75, 3.05) is 0 Å². The van der Waals surface area contributed by atoms with Gasteiger partial charge in [0.25, 0.3) is 0 Å². The van der Waals surface area contributed by atoms with E-state index in [9.17, 15) is 13.0 Å². The Labute approximate surface area is 163 Å². The zero-order valence-electron chi connectivity index (χ0n) is 17.9. The normalized spacial score (nSPS) is 11.2. The van der Waals surface area contributed by atoms with E-state index in [1.807, 2.05) is 0 Å². The fourth-order valence-electron chi connectivity index (χ4n) is 3.28. The van der Waals surface area contributed by atoms with Crippen molar-refractivity contribution in [1.82, 2.24) is 6.15 Å². The molecule has 0 radical (unpaired) electrons. The van der Waals surface area contributed by atoms with Crippen LogP contribution in [-0.2, 0) is 10.1 Å². The predicted octanol–water partition coefficient (Wildman–Crippen LogP) is 7.46. The molecule has 0 aliphatic heterocycles. The van der Waals surface area contributed by atoms with Gasteiger partial charge in [-0.15, -0.1) is 0 Å². The first-order chi connectivity index (χ1) is 11.9. The number of hydrogen-bond donors (Lipinski definition) is 1. The van der Waals surface area contributed by atoms with Crippen molar-refractivity contribution in [3.8, 4) is 0 Å². The van der Waals surface area contributed by atoms with Crippen LogP contribution in [0.4, 0.5) is 0 Å². The Balaban J connectivity index is 0. The van der Waals surface area contributed by atoms with Crippen LogP contribution < -0.4 is 6.15 Å². The summed E-state index contributed by atoms with van der Waals surface area (Å²) >= 11 is 0. The largest absolute Gasteiger partial charge is 0.744 e. The zero-order chi connectivity index (χ0) is 19.0. The molecule has 0 aromatic carbocycles. The lowest BCUT2D eigenvalue weighted by molar-refractivity contribution is 0.467. The predicted molar refractivity (Wildman–Crippen MR) is 114 cm³/mol. The highest BCUT2D eigenvalue weighted by molar-refractivity contribution is 7.89. The van der Waals surface area contributed by atoms with Gasteiger partial charge in [0.05, 0.1) is 0 Å². The summed E-state index contributed by atoms with van der Waals surface area (Å²) in [5, 5.41) is 0. The van der Waals surface area contributed by atoms with Gasteiger partial charge in [-0.2, -0.15) is 0 Å². The smallest absolute Gasteiger partial charge is 0.120 e. The van der Waals surface area contributed by atoms with Gasteiger partial charge >= 0.3 is 0 Å². The lowest BCUT2D eigenvalue weighted by Gasteiger charge is -2.13. The molecule has 0 amide bonds. The van der Waals surface area contributed by atoms with Crippen LogP contribution in [0.15, 0.2) is 10.5 Å². The first-order valence-electron chi connectivity index (χ1n) is 10.5. The molecule has 0 aliphatic carbocycles. The summed E-state index contributed by atoms with van der Waals surface area (Å²) < 4.78 is 33.4. The molecule has 0 aromatic heterocycles. The summed E-state index contributed by atoms with van der Waals surface area (Å²) in [6.45, 7) is 5.67. The van der Waals surface area contributed by atoms with E-state index in [0.29, 0.717) is 12.0 Å². The zero-order valence-corrected chi connectivity index (χ0v) is 18.8. The lowest BCUT2D eigenvalue weighted by Crippen LogP contribution is -2.04. The van der Waals surface area contributed by atoms with Gasteiger partial charge in [0, 0.05) is 4.91 Å². The highest BCUT2D eigenvalue weighted by Gasteiger charge is 2.07. The Kier molecular flexibility index (Phi) is 19.3. The van der Waals surface area contributed by atoms with Crippen LogP contribution in [0.5, 0.6) is 0 Å². The van der Waals surface area contributed by atoms with Crippen molar-refractivity contribution >= 4 is 10.1 Å². The molecule has 158 valence electrons. The van der Waals surface area contributed by atoms with Crippen LogP contribution in [0.25, 0.3) is 0 Å². The second-order valence-corrected chi connectivity index (χ2v) is 8.98. The van der Waals surface area contributed by atoms with Crippen LogP contribution in [0.2, 0.25) is 0 Å². The topological polar surface area (TPSA) is 93.7 Å². The molecular weight excluding hydrogens is 346 g/mol. The maximum atomic E-state index is 11.1. The Morgan fingerprint density at radius 2 is 0.962 bits per heavy atom. The van der Waals surface area contributed by atoms with Gasteiger partial charge < -0.3 is 10.7 Å². The van der Waals surface area contributed by atoms with Crippen LogP contribution in [-0.4, -0.2) is 13.0 Å². The molecule has 4 nitrogen and oxygen atoms in total. The molecule has 0 saturated carbocycles. The molecule has 0 heterocycles. The highest BCUT2D eigenvalue weighted by atomic mass is 32.2. The van der Waals surface area contributed by atoms with Gasteiger partial charge in [0.1, 0.15) is 10.1 Å². The Morgan fingerprint density at radius 1 is 0.654 bits per heavy atom. The maximum absolute atomic E-state index is 11.1. The molecule has 0 bridgehead atoms. The van der Waals surface area contributed by atoms with E-state index in [0.717, 1.165) is 19.3 Å². The first kappa shape index (κ1) is 27.8. The summed E-state index contributed by atoms with van der Waals surface area (Å²) in [4.78, 5) is 0.0993. The molecule has 0 atom stereocenters. The Bertz CT molecular complexity index is 440. The van der Waals surface area contributed by atoms with Gasteiger partial charge in [0.2, 0.25) is 0 Å². The average molecular weight is 392 g/mol. The van der Waals surface area contributed by atoms with Gasteiger partial charge in [-0.25, -0.2) is 8.42 Å². The molecule has 0 rings (SSSR count). The summed E-state index contributed by atoms with van der Waals surface area (Å²) in [7, 11) is -4.25. The third-order valence-corrected chi connectivity index (χ3v) is 6.08. The van der Waals surface area contributed by atoms with Crippen LogP contribution >= 0.6 is 0 Å². The number of unbranched alkanes of at least 4 members (excludes halogenated alkanes) is 14. The third kappa shape index (κ3) is 17.0. The van der Waals surface area contributed by atoms with E-state index in [-0.39, 0.29) is 11.1 Å². The number of quaternary nitrogens is 1. The minimum Gasteiger partial charge on any atom is -0.744 e. The van der Waals surface area contributed by atoms with E-state index in [1.54, 1.807) is 13.8 Å². The van der Waals surface area contributed by atoms with Crippen molar-refractivity contribution < 1.29 is 13.0 Å². The second kappa shape index (κ2) is 18.0. The first-order valence-corrected chi connectivity index (χ1v) is 11.9. The Morgan fingerprint density at radius 3 is 1.23 bits per heavy atom. The molecule has 5 heteroatoms. The molecule has 0 saturated heterocycles. The quantitative estimate of drug-likeness (QED) is 0.206. The van der Waals surface area contributed by atoms with Crippen LogP contribution in [0.3, 0.4) is 0 Å². The number of allylic oxidation sites excluding steroid dienone is 2. The molecular formula is C21H45NO3S. The minimum absolute atomic E-state index is 0. The summed E-state index contributed by atoms with van der Waals surface area (Å²) in [5.74, 6) is 0. The van der Waals surface area contributed by atoms with Crippen molar-refractivity contribution in [2.45, 2.75) is 124 Å². The standard InChI is InChI=1S/C21H42O3S.H3N/c1-4-5-6-7-8-9-10-11-12-13-14-15-16-17-18-19-21(20(2)3)25(22,23)24;/h4-19H2,1-3H3,(H,22,23,24);1H3. The monoisotopic (exact) mass is 391 g/mol. The fraction of sp³-hybridized carbons (Fsp3) is 0.905. The van der Waals surface area contributed by atoms with Crippen molar-refractivity contribution in [3.05, 3.63) is 10.5 Å². The second-order valence-electron chi connectivity index (χ2n) is 7.58. The Hall–Kier alpha value is -0.390. The molecule has 0 spiro atoms. The average Bonchev–Trinajstić information content (AvgIpc) is 2.53. The van der Waals surface area contributed by atoms with Gasteiger partial charge in [0.15, 0.2) is 0 Å². The van der Waals surface area contributed by atoms with Crippen LogP contribution in [0.1, 0.15) is 124 Å². The molecule has 0 aromatic rings. The highest BCUT2D eigenvalue weighted by Crippen LogP contribution is 2.19. The maximum Gasteiger partial charge on any atom is 0.120 e. The summed E-state index contributed by atoms with van der Waals surface area (Å²) in [5.41, 5.74) is 0.639. The third-order valence-electron chi connectivity index (χ3n) is 4.87. The van der Waals surface area contributed by atoms with E-state index in [1.165, 1.54) is 77.0 Å². The van der Waals surface area contributed by atoms with Crippen molar-refractivity contribution in [3.63, 3.8) is 0 Å². The number of rotatable bonds is 17. The van der Waals surface area contributed by atoms with Gasteiger partial charge in [-0.05, 0) is 26.7 Å². The summed E-state index contributed by atoms with van der Waals surface area (Å²) in [6.07, 6.45) is 19.7.